The van der Waals surface area contributed by atoms with Crippen molar-refractivity contribution in [2.45, 2.75) is 44.9 Å². The summed E-state index contributed by atoms with van der Waals surface area (Å²) in [6.07, 6.45) is 0. The van der Waals surface area contributed by atoms with Crippen molar-refractivity contribution in [3.63, 3.8) is 0 Å². The molecule has 0 radical (unpaired) electrons. The predicted molar refractivity (Wildman–Crippen MR) is 129 cm³/mol. The predicted octanol–water partition coefficient (Wildman–Crippen LogP) is 4.63. The maximum absolute atomic E-state index is 13.5. The van der Waals surface area contributed by atoms with Crippen LogP contribution in [-0.4, -0.2) is 63.6 Å². The number of hydrogen-bond acceptors (Lipinski definition) is 6. The van der Waals surface area contributed by atoms with Crippen molar-refractivity contribution >= 4 is 17.5 Å². The molecule has 0 saturated carbocycles. The Labute approximate surface area is 198 Å². The molecular weight excluding hydrogens is 441 g/mol. The summed E-state index contributed by atoms with van der Waals surface area (Å²) in [5, 5.41) is 9.35. The van der Waals surface area contributed by atoms with Gasteiger partial charge in [0.1, 0.15) is 5.82 Å². The average Bonchev–Trinajstić information content (AvgIpc) is 3.32. The Hall–Kier alpha value is -2.49. The van der Waals surface area contributed by atoms with E-state index in [1.54, 1.807) is 19.2 Å². The third kappa shape index (κ3) is 5.37. The molecule has 178 valence electrons. The standard InChI is InChI=1S/C24H32FN5O2S/c1-15-12-21(17(3)29(15)16(2)13-32-7)22(31)14-33-24-27-26-23(18(4)28(5)6)30(24)20-10-8-19(25)9-11-20/h8-12,16,18H,13-14H2,1-7H3/t16-,18+/m0/s1. The molecule has 9 heteroatoms. The molecule has 33 heavy (non-hydrogen) atoms. The van der Waals surface area contributed by atoms with Crippen molar-refractivity contribution in [1.29, 1.82) is 0 Å². The quantitative estimate of drug-likeness (QED) is 0.316. The Morgan fingerprint density at radius 2 is 1.85 bits per heavy atom. The van der Waals surface area contributed by atoms with Gasteiger partial charge in [-0.15, -0.1) is 10.2 Å². The maximum atomic E-state index is 13.5. The van der Waals surface area contributed by atoms with E-state index in [-0.39, 0.29) is 29.4 Å². The number of benzene rings is 1. The highest BCUT2D eigenvalue weighted by atomic mass is 32.2. The Balaban J connectivity index is 1.88. The molecule has 3 aromatic rings. The summed E-state index contributed by atoms with van der Waals surface area (Å²) in [6.45, 7) is 8.65. The first kappa shape index (κ1) is 25.1. The van der Waals surface area contributed by atoms with Crippen LogP contribution in [0.1, 0.15) is 53.5 Å². The van der Waals surface area contributed by atoms with E-state index in [1.807, 2.05) is 50.4 Å². The number of hydrogen-bond donors (Lipinski definition) is 0. The number of rotatable bonds is 10. The van der Waals surface area contributed by atoms with Crippen molar-refractivity contribution in [2.24, 2.45) is 0 Å². The van der Waals surface area contributed by atoms with Gasteiger partial charge in [0.2, 0.25) is 0 Å². The third-order valence-corrected chi connectivity index (χ3v) is 6.79. The van der Waals surface area contributed by atoms with E-state index in [4.69, 9.17) is 4.74 Å². The van der Waals surface area contributed by atoms with Crippen LogP contribution in [0.3, 0.4) is 0 Å². The van der Waals surface area contributed by atoms with Gasteiger partial charge in [0, 0.05) is 29.7 Å². The molecule has 0 unspecified atom stereocenters. The lowest BCUT2D eigenvalue weighted by Gasteiger charge is -2.20. The number of methoxy groups -OCH3 is 1. The van der Waals surface area contributed by atoms with Gasteiger partial charge in [-0.1, -0.05) is 11.8 Å². The molecule has 0 spiro atoms. The number of halogens is 1. The van der Waals surface area contributed by atoms with Gasteiger partial charge in [0.05, 0.1) is 24.4 Å². The minimum Gasteiger partial charge on any atom is -0.383 e. The highest BCUT2D eigenvalue weighted by molar-refractivity contribution is 7.99. The van der Waals surface area contributed by atoms with E-state index < -0.39 is 0 Å². The molecule has 2 heterocycles. The van der Waals surface area contributed by atoms with Gasteiger partial charge in [0.15, 0.2) is 16.8 Å². The largest absolute Gasteiger partial charge is 0.383 e. The van der Waals surface area contributed by atoms with Gasteiger partial charge < -0.3 is 9.30 Å². The Morgan fingerprint density at radius 3 is 2.45 bits per heavy atom. The van der Waals surface area contributed by atoms with Crippen LogP contribution in [0, 0.1) is 19.7 Å². The molecular formula is C24H32FN5O2S. The summed E-state index contributed by atoms with van der Waals surface area (Å²) in [6, 6.07) is 8.27. The average molecular weight is 474 g/mol. The summed E-state index contributed by atoms with van der Waals surface area (Å²) >= 11 is 1.34. The second-order valence-electron chi connectivity index (χ2n) is 8.46. The number of ether oxygens (including phenoxy) is 1. The van der Waals surface area contributed by atoms with Crippen molar-refractivity contribution < 1.29 is 13.9 Å². The summed E-state index contributed by atoms with van der Waals surface area (Å²) in [5.41, 5.74) is 3.43. The molecule has 0 saturated heterocycles. The first-order valence-corrected chi connectivity index (χ1v) is 11.8. The summed E-state index contributed by atoms with van der Waals surface area (Å²) in [5.74, 6) is 0.669. The maximum Gasteiger partial charge on any atom is 0.196 e. The number of carbonyl (C=O) groups is 1. The van der Waals surface area contributed by atoms with E-state index >= 15 is 0 Å². The molecule has 0 N–H and O–H groups in total. The van der Waals surface area contributed by atoms with E-state index in [0.717, 1.165) is 22.9 Å². The molecule has 2 atom stereocenters. The molecule has 7 nitrogen and oxygen atoms in total. The van der Waals surface area contributed by atoms with Gasteiger partial charge in [-0.25, -0.2) is 4.39 Å². The van der Waals surface area contributed by atoms with Crippen LogP contribution in [0.5, 0.6) is 0 Å². The Kier molecular flexibility index (Phi) is 8.10. The fraction of sp³-hybridized carbons (Fsp3) is 0.458. The smallest absolute Gasteiger partial charge is 0.196 e. The van der Waals surface area contributed by atoms with Crippen LogP contribution >= 0.6 is 11.8 Å². The molecule has 0 amide bonds. The van der Waals surface area contributed by atoms with Gasteiger partial charge in [-0.05, 0) is 72.1 Å². The molecule has 0 aliphatic heterocycles. The fourth-order valence-electron chi connectivity index (χ4n) is 3.97. The first-order chi connectivity index (χ1) is 15.6. The van der Waals surface area contributed by atoms with Crippen LogP contribution in [0.15, 0.2) is 35.5 Å². The second kappa shape index (κ2) is 10.6. The summed E-state index contributed by atoms with van der Waals surface area (Å²) in [7, 11) is 5.60. The number of carbonyl (C=O) groups excluding carboxylic acids is 1. The Morgan fingerprint density at radius 1 is 1.18 bits per heavy atom. The van der Waals surface area contributed by atoms with Crippen LogP contribution in [0.4, 0.5) is 4.39 Å². The van der Waals surface area contributed by atoms with E-state index in [0.29, 0.717) is 17.3 Å². The fourth-order valence-corrected chi connectivity index (χ4v) is 4.81. The summed E-state index contributed by atoms with van der Waals surface area (Å²) in [4.78, 5) is 15.2. The van der Waals surface area contributed by atoms with Crippen LogP contribution in [0.2, 0.25) is 0 Å². The molecule has 1 aromatic carbocycles. The topological polar surface area (TPSA) is 65.2 Å². The van der Waals surface area contributed by atoms with Crippen molar-refractivity contribution in [2.75, 3.05) is 33.6 Å². The molecule has 0 bridgehead atoms. The highest BCUT2D eigenvalue weighted by Gasteiger charge is 2.23. The van der Waals surface area contributed by atoms with E-state index in [2.05, 4.69) is 21.7 Å². The number of Topliss-reactive ketones (excluding diaryl/α,β-unsaturated/α-hetero) is 1. The lowest BCUT2D eigenvalue weighted by molar-refractivity contribution is 0.102. The van der Waals surface area contributed by atoms with Gasteiger partial charge in [-0.3, -0.25) is 14.3 Å². The van der Waals surface area contributed by atoms with E-state index in [9.17, 15) is 9.18 Å². The monoisotopic (exact) mass is 473 g/mol. The zero-order chi connectivity index (χ0) is 24.3. The molecule has 0 aliphatic rings. The van der Waals surface area contributed by atoms with Gasteiger partial charge in [-0.2, -0.15) is 0 Å². The van der Waals surface area contributed by atoms with Crippen molar-refractivity contribution in [3.8, 4) is 5.69 Å². The minimum atomic E-state index is -0.309. The van der Waals surface area contributed by atoms with E-state index in [1.165, 1.54) is 23.9 Å². The van der Waals surface area contributed by atoms with Crippen LogP contribution < -0.4 is 0 Å². The van der Waals surface area contributed by atoms with Crippen LogP contribution in [0.25, 0.3) is 5.69 Å². The molecule has 3 rings (SSSR count). The number of nitrogens with zero attached hydrogens (tertiary/aromatic N) is 5. The normalized spacial score (nSPS) is 13.5. The number of ketones is 1. The number of aromatic nitrogens is 4. The van der Waals surface area contributed by atoms with Gasteiger partial charge >= 0.3 is 0 Å². The lowest BCUT2D eigenvalue weighted by atomic mass is 10.2. The Bertz CT molecular complexity index is 1110. The minimum absolute atomic E-state index is 0.0196. The third-order valence-electron chi connectivity index (χ3n) is 5.86. The first-order valence-electron chi connectivity index (χ1n) is 10.9. The van der Waals surface area contributed by atoms with Crippen LogP contribution in [-0.2, 0) is 4.74 Å². The lowest BCUT2D eigenvalue weighted by Crippen LogP contribution is -2.20. The zero-order valence-corrected chi connectivity index (χ0v) is 21.1. The SMILES string of the molecule is COC[C@H](C)n1c(C)cc(C(=O)CSc2nnc([C@@H](C)N(C)C)n2-c2ccc(F)cc2)c1C. The van der Waals surface area contributed by atoms with Gasteiger partial charge in [0.25, 0.3) is 0 Å². The van der Waals surface area contributed by atoms with Crippen molar-refractivity contribution in [1.82, 2.24) is 24.2 Å². The summed E-state index contributed by atoms with van der Waals surface area (Å²) < 4.78 is 22.8. The molecule has 2 aromatic heterocycles. The number of aryl methyl sites for hydroxylation is 1. The molecule has 0 aliphatic carbocycles. The second-order valence-corrected chi connectivity index (χ2v) is 9.41. The zero-order valence-electron chi connectivity index (χ0n) is 20.3. The number of thioether (sulfide) groups is 1. The molecule has 0 fully saturated rings. The van der Waals surface area contributed by atoms with Crippen molar-refractivity contribution in [3.05, 3.63) is 58.9 Å². The highest BCUT2D eigenvalue weighted by Crippen LogP contribution is 2.28.